The molecule has 1 spiro atoms. The van der Waals surface area contributed by atoms with Gasteiger partial charge < -0.3 is 15.2 Å². The summed E-state index contributed by atoms with van der Waals surface area (Å²) in [6.45, 7) is 1.72. The first-order valence-electron chi connectivity index (χ1n) is 5.02. The third kappa shape index (κ3) is 2.04. The molecule has 2 rings (SSSR count). The Labute approximate surface area is 87.2 Å². The molecule has 0 saturated carbocycles. The predicted octanol–water partition coefficient (Wildman–Crippen LogP) is -0.355. The van der Waals surface area contributed by atoms with Gasteiger partial charge in [0, 0.05) is 25.9 Å². The molecule has 2 fully saturated rings. The molecule has 2 aliphatic heterocycles. The van der Waals surface area contributed by atoms with Crippen LogP contribution in [0.1, 0.15) is 12.8 Å². The Balaban J connectivity index is 1.96. The average molecular weight is 214 g/mol. The number of rotatable bonds is 2. The van der Waals surface area contributed by atoms with Crippen molar-refractivity contribution in [2.24, 2.45) is 0 Å². The van der Waals surface area contributed by atoms with E-state index in [2.05, 4.69) is 5.32 Å². The van der Waals surface area contributed by atoms with Crippen molar-refractivity contribution in [1.29, 1.82) is 0 Å². The SMILES string of the molecule is O=C(O)CN1CCC2(CCNC2)OC1=O. The first-order valence-corrected chi connectivity index (χ1v) is 5.02. The summed E-state index contributed by atoms with van der Waals surface area (Å²) in [6.07, 6.45) is 1.02. The molecule has 0 radical (unpaired) electrons. The molecule has 0 aromatic carbocycles. The highest BCUT2D eigenvalue weighted by Crippen LogP contribution is 2.28. The quantitative estimate of drug-likeness (QED) is 0.656. The molecular formula is C9H14N2O4. The minimum absolute atomic E-state index is 0.275. The zero-order valence-electron chi connectivity index (χ0n) is 8.36. The fourth-order valence-electron chi connectivity index (χ4n) is 2.06. The Morgan fingerprint density at radius 1 is 1.60 bits per heavy atom. The van der Waals surface area contributed by atoms with Gasteiger partial charge in [0.1, 0.15) is 12.1 Å². The lowest BCUT2D eigenvalue weighted by Crippen LogP contribution is -2.51. The van der Waals surface area contributed by atoms with Gasteiger partial charge in [0.2, 0.25) is 0 Å². The van der Waals surface area contributed by atoms with Crippen LogP contribution in [0.25, 0.3) is 0 Å². The number of amides is 1. The lowest BCUT2D eigenvalue weighted by molar-refractivity contribution is -0.139. The van der Waals surface area contributed by atoms with Gasteiger partial charge in [-0.2, -0.15) is 0 Å². The number of carbonyl (C=O) groups is 2. The first kappa shape index (κ1) is 10.2. The molecule has 15 heavy (non-hydrogen) atoms. The van der Waals surface area contributed by atoms with E-state index in [1.807, 2.05) is 0 Å². The smallest absolute Gasteiger partial charge is 0.410 e. The molecule has 2 heterocycles. The molecule has 84 valence electrons. The summed E-state index contributed by atoms with van der Waals surface area (Å²) in [5, 5.41) is 11.7. The number of carbonyl (C=O) groups excluding carboxylic acids is 1. The van der Waals surface area contributed by atoms with Crippen LogP contribution in [0.15, 0.2) is 0 Å². The van der Waals surface area contributed by atoms with Crippen molar-refractivity contribution < 1.29 is 19.4 Å². The summed E-state index contributed by atoms with van der Waals surface area (Å²) in [5.74, 6) is -1.01. The summed E-state index contributed by atoms with van der Waals surface area (Å²) in [7, 11) is 0. The van der Waals surface area contributed by atoms with Gasteiger partial charge >= 0.3 is 12.1 Å². The van der Waals surface area contributed by atoms with Gasteiger partial charge in [-0.05, 0) is 6.54 Å². The molecule has 0 aliphatic carbocycles. The largest absolute Gasteiger partial charge is 0.480 e. The van der Waals surface area contributed by atoms with Crippen molar-refractivity contribution in [2.75, 3.05) is 26.2 Å². The third-order valence-corrected chi connectivity index (χ3v) is 2.93. The van der Waals surface area contributed by atoms with Crippen molar-refractivity contribution in [3.8, 4) is 0 Å². The Morgan fingerprint density at radius 2 is 2.40 bits per heavy atom. The fourth-order valence-corrected chi connectivity index (χ4v) is 2.06. The lowest BCUT2D eigenvalue weighted by atomic mass is 9.97. The summed E-state index contributed by atoms with van der Waals surface area (Å²) < 4.78 is 5.31. The Bertz CT molecular complexity index is 286. The van der Waals surface area contributed by atoms with E-state index < -0.39 is 12.1 Å². The minimum Gasteiger partial charge on any atom is -0.480 e. The summed E-state index contributed by atoms with van der Waals surface area (Å²) in [4.78, 5) is 23.2. The van der Waals surface area contributed by atoms with Crippen molar-refractivity contribution >= 4 is 12.1 Å². The van der Waals surface area contributed by atoms with Crippen LogP contribution in [0.2, 0.25) is 0 Å². The van der Waals surface area contributed by atoms with Gasteiger partial charge in [-0.1, -0.05) is 0 Å². The van der Waals surface area contributed by atoms with Crippen molar-refractivity contribution in [2.45, 2.75) is 18.4 Å². The van der Waals surface area contributed by atoms with E-state index in [0.717, 1.165) is 13.0 Å². The van der Waals surface area contributed by atoms with E-state index in [1.165, 1.54) is 4.90 Å². The standard InChI is InChI=1S/C9H14N2O4/c12-7(13)5-11-4-2-9(15-8(11)14)1-3-10-6-9/h10H,1-6H2,(H,12,13). The van der Waals surface area contributed by atoms with Crippen molar-refractivity contribution in [1.82, 2.24) is 10.2 Å². The van der Waals surface area contributed by atoms with E-state index >= 15 is 0 Å². The molecule has 2 saturated heterocycles. The second-order valence-corrected chi connectivity index (χ2v) is 4.04. The molecule has 6 nitrogen and oxygen atoms in total. The zero-order valence-corrected chi connectivity index (χ0v) is 8.36. The topological polar surface area (TPSA) is 78.9 Å². The zero-order chi connectivity index (χ0) is 10.9. The number of nitrogens with one attached hydrogen (secondary N) is 1. The van der Waals surface area contributed by atoms with Crippen LogP contribution in [-0.2, 0) is 9.53 Å². The van der Waals surface area contributed by atoms with Crippen molar-refractivity contribution in [3.05, 3.63) is 0 Å². The summed E-state index contributed by atoms with van der Waals surface area (Å²) in [6, 6.07) is 0. The van der Waals surface area contributed by atoms with Crippen molar-refractivity contribution in [3.63, 3.8) is 0 Å². The third-order valence-electron chi connectivity index (χ3n) is 2.93. The van der Waals surface area contributed by atoms with Crippen LogP contribution in [0.4, 0.5) is 4.79 Å². The van der Waals surface area contributed by atoms with E-state index in [-0.39, 0.29) is 12.1 Å². The maximum Gasteiger partial charge on any atom is 0.410 e. The maximum absolute atomic E-state index is 11.5. The summed E-state index contributed by atoms with van der Waals surface area (Å²) >= 11 is 0. The van der Waals surface area contributed by atoms with Gasteiger partial charge in [-0.25, -0.2) is 4.79 Å². The van der Waals surface area contributed by atoms with Crippen LogP contribution in [0.5, 0.6) is 0 Å². The highest BCUT2D eigenvalue weighted by molar-refractivity contribution is 5.77. The number of hydrogen-bond donors (Lipinski definition) is 2. The van der Waals surface area contributed by atoms with Crippen LogP contribution >= 0.6 is 0 Å². The predicted molar refractivity (Wildman–Crippen MR) is 50.5 cm³/mol. The number of nitrogens with zero attached hydrogens (tertiary/aromatic N) is 1. The molecule has 1 amide bonds. The van der Waals surface area contributed by atoms with E-state index in [4.69, 9.17) is 9.84 Å². The Morgan fingerprint density at radius 3 is 2.93 bits per heavy atom. The highest BCUT2D eigenvalue weighted by atomic mass is 16.6. The molecule has 2 N–H and O–H groups in total. The molecule has 1 atom stereocenters. The van der Waals surface area contributed by atoms with Gasteiger partial charge in [-0.3, -0.25) is 9.69 Å². The van der Waals surface area contributed by atoms with Gasteiger partial charge in [0.15, 0.2) is 0 Å². The number of aliphatic carboxylic acids is 1. The fraction of sp³-hybridized carbons (Fsp3) is 0.778. The number of hydrogen-bond acceptors (Lipinski definition) is 4. The second kappa shape index (κ2) is 3.69. The Kier molecular flexibility index (Phi) is 2.52. The van der Waals surface area contributed by atoms with Gasteiger partial charge in [0.25, 0.3) is 0 Å². The first-order chi connectivity index (χ1) is 7.11. The molecule has 0 aromatic rings. The monoisotopic (exact) mass is 214 g/mol. The maximum atomic E-state index is 11.5. The molecule has 1 unspecified atom stereocenters. The van der Waals surface area contributed by atoms with E-state index in [9.17, 15) is 9.59 Å². The summed E-state index contributed by atoms with van der Waals surface area (Å²) in [5.41, 5.74) is -0.383. The highest BCUT2D eigenvalue weighted by Gasteiger charge is 2.43. The molecule has 6 heteroatoms. The normalized spacial score (nSPS) is 30.7. The van der Waals surface area contributed by atoms with Crippen LogP contribution in [-0.4, -0.2) is 53.8 Å². The number of ether oxygens (including phenoxy) is 1. The molecular weight excluding hydrogens is 200 g/mol. The molecule has 0 aromatic heterocycles. The van der Waals surface area contributed by atoms with Crippen LogP contribution < -0.4 is 5.32 Å². The van der Waals surface area contributed by atoms with Crippen LogP contribution in [0.3, 0.4) is 0 Å². The van der Waals surface area contributed by atoms with Gasteiger partial charge in [-0.15, -0.1) is 0 Å². The Hall–Kier alpha value is -1.30. The minimum atomic E-state index is -1.01. The van der Waals surface area contributed by atoms with Crippen LogP contribution in [0, 0.1) is 0 Å². The number of carboxylic acids is 1. The molecule has 0 bridgehead atoms. The van der Waals surface area contributed by atoms with Gasteiger partial charge in [0.05, 0.1) is 0 Å². The average Bonchev–Trinajstić information content (AvgIpc) is 2.59. The second-order valence-electron chi connectivity index (χ2n) is 4.04. The lowest BCUT2D eigenvalue weighted by Gasteiger charge is -2.37. The number of carboxylic acid groups (broad SMARTS) is 1. The van der Waals surface area contributed by atoms with E-state index in [1.54, 1.807) is 0 Å². The molecule has 2 aliphatic rings. The van der Waals surface area contributed by atoms with E-state index in [0.29, 0.717) is 19.5 Å².